The van der Waals surface area contributed by atoms with Crippen molar-refractivity contribution >= 4 is 16.8 Å². The SMILES string of the molecule is O=C(CC1CCC(n2c(=O)c3cc(F)cnc3n(-c3cccc(-c4ccc(CN5CCCOCC5)cc4)c3)c2=O)CC1)c1cn2c(n1)CCCC2. The highest BCUT2D eigenvalue weighted by atomic mass is 19.1. The van der Waals surface area contributed by atoms with Crippen molar-refractivity contribution in [3.8, 4) is 16.8 Å². The Morgan fingerprint density at radius 1 is 0.902 bits per heavy atom. The van der Waals surface area contributed by atoms with Gasteiger partial charge in [0.25, 0.3) is 5.56 Å². The number of rotatable bonds is 8. The molecule has 0 atom stereocenters. The number of pyridine rings is 1. The summed E-state index contributed by atoms with van der Waals surface area (Å²) in [7, 11) is 0. The van der Waals surface area contributed by atoms with Gasteiger partial charge in [0.05, 0.1) is 23.9 Å². The number of halogens is 1. The van der Waals surface area contributed by atoms with Crippen molar-refractivity contribution in [1.82, 2.24) is 28.6 Å². The summed E-state index contributed by atoms with van der Waals surface area (Å²) in [5.74, 6) is 0.547. The van der Waals surface area contributed by atoms with Gasteiger partial charge in [-0.05, 0) is 85.8 Å². The topological polar surface area (TPSA) is 104 Å². The molecule has 5 heterocycles. The molecule has 1 saturated carbocycles. The van der Waals surface area contributed by atoms with E-state index in [1.165, 1.54) is 20.8 Å². The molecule has 10 nitrogen and oxygen atoms in total. The third kappa shape index (κ3) is 6.97. The van der Waals surface area contributed by atoms with Crippen LogP contribution in [0.3, 0.4) is 0 Å². The fourth-order valence-electron chi connectivity index (χ4n) is 8.10. The summed E-state index contributed by atoms with van der Waals surface area (Å²) < 4.78 is 25.0. The van der Waals surface area contributed by atoms with Gasteiger partial charge in [-0.1, -0.05) is 36.4 Å². The number of aromatic nitrogens is 5. The Balaban J connectivity index is 1.05. The summed E-state index contributed by atoms with van der Waals surface area (Å²) in [6, 6.07) is 16.8. The minimum atomic E-state index is -0.638. The Kier molecular flexibility index (Phi) is 9.48. The standard InChI is InChI=1S/C40H43FN6O4/c41-31-23-34-38(42-24-31)46(33-6-3-5-30(22-33)29-12-8-28(9-13-29)25-44-16-4-19-51-20-18-44)40(50)47(39(34)49)32-14-10-27(11-15-32)21-36(48)35-26-45-17-2-1-7-37(45)43-35/h3,5-6,8-9,12-13,22-24,26-27,32H,1-2,4,7,10-11,14-21,25H2. The van der Waals surface area contributed by atoms with Gasteiger partial charge in [-0.25, -0.2) is 23.7 Å². The third-order valence-electron chi connectivity index (χ3n) is 10.9. The van der Waals surface area contributed by atoms with Crippen LogP contribution in [-0.2, 0) is 24.2 Å². The molecule has 264 valence electrons. The molecule has 0 unspecified atom stereocenters. The minimum Gasteiger partial charge on any atom is -0.380 e. The second-order valence-electron chi connectivity index (χ2n) is 14.3. The number of Topliss-reactive ketones (excluding diaryl/α,β-unsaturated/α-hetero) is 1. The van der Waals surface area contributed by atoms with Crippen molar-refractivity contribution in [2.75, 3.05) is 26.3 Å². The van der Waals surface area contributed by atoms with Gasteiger partial charge >= 0.3 is 5.69 Å². The first kappa shape index (κ1) is 33.4. The van der Waals surface area contributed by atoms with E-state index in [0.29, 0.717) is 43.5 Å². The summed E-state index contributed by atoms with van der Waals surface area (Å²) in [5, 5.41) is 0.0596. The van der Waals surface area contributed by atoms with Crippen LogP contribution in [0.2, 0.25) is 0 Å². The van der Waals surface area contributed by atoms with Crippen LogP contribution < -0.4 is 11.2 Å². The van der Waals surface area contributed by atoms with Crippen LogP contribution in [0.5, 0.6) is 0 Å². The fraction of sp³-hybridized carbons (Fsp3) is 0.425. The van der Waals surface area contributed by atoms with Crippen LogP contribution in [0.4, 0.5) is 4.39 Å². The number of imidazole rings is 1. The maximum Gasteiger partial charge on any atom is 0.337 e. The number of ether oxygens (including phenoxy) is 1. The van der Waals surface area contributed by atoms with Crippen LogP contribution in [0, 0.1) is 11.7 Å². The number of nitrogens with zero attached hydrogens (tertiary/aromatic N) is 6. The van der Waals surface area contributed by atoms with E-state index in [1.54, 1.807) is 0 Å². The fourth-order valence-corrected chi connectivity index (χ4v) is 8.10. The molecule has 0 spiro atoms. The zero-order valence-electron chi connectivity index (χ0n) is 28.8. The zero-order valence-corrected chi connectivity index (χ0v) is 28.8. The summed E-state index contributed by atoms with van der Waals surface area (Å²) >= 11 is 0. The molecule has 0 radical (unpaired) electrons. The lowest BCUT2D eigenvalue weighted by molar-refractivity contribution is 0.0938. The maximum atomic E-state index is 14.6. The summed E-state index contributed by atoms with van der Waals surface area (Å²) in [6.07, 6.45) is 10.0. The molecule has 8 rings (SSSR count). The van der Waals surface area contributed by atoms with E-state index >= 15 is 0 Å². The first-order valence-electron chi connectivity index (χ1n) is 18.3. The molecule has 3 aliphatic rings. The largest absolute Gasteiger partial charge is 0.380 e. The quantitative estimate of drug-likeness (QED) is 0.181. The van der Waals surface area contributed by atoms with Crippen LogP contribution >= 0.6 is 0 Å². The van der Waals surface area contributed by atoms with Gasteiger partial charge < -0.3 is 9.30 Å². The average molecular weight is 691 g/mol. The first-order chi connectivity index (χ1) is 24.9. The Morgan fingerprint density at radius 3 is 2.57 bits per heavy atom. The number of hydrogen-bond acceptors (Lipinski definition) is 7. The molecule has 51 heavy (non-hydrogen) atoms. The number of benzene rings is 2. The molecule has 2 fully saturated rings. The highest BCUT2D eigenvalue weighted by Crippen LogP contribution is 2.34. The number of ketones is 1. The van der Waals surface area contributed by atoms with Crippen molar-refractivity contribution in [3.05, 3.63) is 111 Å². The van der Waals surface area contributed by atoms with Crippen molar-refractivity contribution < 1.29 is 13.9 Å². The lowest BCUT2D eigenvalue weighted by Gasteiger charge is -2.29. The molecule has 1 saturated heterocycles. The van der Waals surface area contributed by atoms with Gasteiger partial charge in [0.15, 0.2) is 11.4 Å². The number of aryl methyl sites for hydroxylation is 2. The van der Waals surface area contributed by atoms with Crippen LogP contribution in [0.25, 0.3) is 27.8 Å². The third-order valence-corrected chi connectivity index (χ3v) is 10.9. The van der Waals surface area contributed by atoms with E-state index in [0.717, 1.165) is 88.2 Å². The predicted molar refractivity (Wildman–Crippen MR) is 193 cm³/mol. The van der Waals surface area contributed by atoms with Crippen molar-refractivity contribution in [2.45, 2.75) is 76.9 Å². The molecule has 2 aliphatic heterocycles. The monoisotopic (exact) mass is 690 g/mol. The number of carbonyl (C=O) groups excluding carboxylic acids is 1. The molecule has 11 heteroatoms. The molecular weight excluding hydrogens is 647 g/mol. The van der Waals surface area contributed by atoms with E-state index in [9.17, 15) is 18.8 Å². The number of fused-ring (bicyclic) bond motifs is 2. The van der Waals surface area contributed by atoms with Crippen molar-refractivity contribution in [1.29, 1.82) is 0 Å². The molecule has 1 aliphatic carbocycles. The van der Waals surface area contributed by atoms with Crippen LogP contribution in [0.15, 0.2) is 76.6 Å². The minimum absolute atomic E-state index is 0.0501. The van der Waals surface area contributed by atoms with E-state index in [2.05, 4.69) is 43.7 Å². The molecule has 3 aromatic heterocycles. The van der Waals surface area contributed by atoms with Gasteiger partial charge in [-0.2, -0.15) is 0 Å². The Morgan fingerprint density at radius 2 is 1.75 bits per heavy atom. The summed E-state index contributed by atoms with van der Waals surface area (Å²) in [6.45, 7) is 5.27. The zero-order chi connectivity index (χ0) is 34.9. The van der Waals surface area contributed by atoms with E-state index in [-0.39, 0.29) is 28.8 Å². The van der Waals surface area contributed by atoms with E-state index < -0.39 is 17.1 Å². The summed E-state index contributed by atoms with van der Waals surface area (Å²) in [4.78, 5) is 52.7. The Hall–Kier alpha value is -4.74. The molecule has 0 N–H and O–H groups in total. The second-order valence-corrected chi connectivity index (χ2v) is 14.3. The molecule has 2 aromatic carbocycles. The van der Waals surface area contributed by atoms with Crippen LogP contribution in [-0.4, -0.2) is 60.7 Å². The van der Waals surface area contributed by atoms with Gasteiger partial charge in [0.1, 0.15) is 17.3 Å². The molecule has 5 aromatic rings. The molecular formula is C40H43FN6O4. The predicted octanol–water partition coefficient (Wildman–Crippen LogP) is 6.11. The lowest BCUT2D eigenvalue weighted by atomic mass is 9.82. The average Bonchev–Trinajstić information content (AvgIpc) is 3.43. The second kappa shape index (κ2) is 14.5. The van der Waals surface area contributed by atoms with Gasteiger partial charge in [-0.15, -0.1) is 0 Å². The van der Waals surface area contributed by atoms with E-state index in [1.807, 2.05) is 30.5 Å². The molecule has 0 bridgehead atoms. The first-order valence-corrected chi connectivity index (χ1v) is 18.3. The Labute approximate surface area is 295 Å². The van der Waals surface area contributed by atoms with Crippen molar-refractivity contribution in [3.63, 3.8) is 0 Å². The van der Waals surface area contributed by atoms with Crippen LogP contribution in [0.1, 0.15) is 79.3 Å². The summed E-state index contributed by atoms with van der Waals surface area (Å²) in [5.41, 5.74) is 3.30. The number of hydrogen-bond donors (Lipinski definition) is 0. The smallest absolute Gasteiger partial charge is 0.337 e. The number of carbonyl (C=O) groups is 1. The lowest BCUT2D eigenvalue weighted by Crippen LogP contribution is -2.43. The normalized spacial score (nSPS) is 19.9. The van der Waals surface area contributed by atoms with Gasteiger partial charge in [-0.3, -0.25) is 19.1 Å². The Bertz CT molecular complexity index is 2150. The highest BCUT2D eigenvalue weighted by Gasteiger charge is 2.29. The van der Waals surface area contributed by atoms with Gasteiger partial charge in [0, 0.05) is 57.9 Å². The maximum absolute atomic E-state index is 14.6. The van der Waals surface area contributed by atoms with E-state index in [4.69, 9.17) is 4.74 Å². The molecule has 0 amide bonds. The highest BCUT2D eigenvalue weighted by molar-refractivity contribution is 5.94. The van der Waals surface area contributed by atoms with Gasteiger partial charge in [0.2, 0.25) is 0 Å². The van der Waals surface area contributed by atoms with Crippen molar-refractivity contribution in [2.24, 2.45) is 5.92 Å².